The molecule has 0 spiro atoms. The fraction of sp³-hybridized carbons (Fsp3) is 0.941. The summed E-state index contributed by atoms with van der Waals surface area (Å²) >= 11 is 0. The molecule has 2 heterocycles. The van der Waals surface area contributed by atoms with Crippen LogP contribution in [0.15, 0.2) is 4.99 Å². The van der Waals surface area contributed by atoms with Crippen LogP contribution >= 0.6 is 0 Å². The summed E-state index contributed by atoms with van der Waals surface area (Å²) in [6, 6.07) is 0. The van der Waals surface area contributed by atoms with Crippen LogP contribution in [0, 0.1) is 11.8 Å². The lowest BCUT2D eigenvalue weighted by molar-refractivity contribution is -0.0496. The molecule has 1 N–H and O–H groups in total. The van der Waals surface area contributed by atoms with Crippen LogP contribution in [0.25, 0.3) is 0 Å². The Bertz CT molecular complexity index is 614. The first-order valence-electron chi connectivity index (χ1n) is 9.71. The van der Waals surface area contributed by atoms with Crippen molar-refractivity contribution in [2.24, 2.45) is 16.8 Å². The Kier molecular flexibility index (Phi) is 8.38. The van der Waals surface area contributed by atoms with Crippen LogP contribution in [-0.4, -0.2) is 82.6 Å². The predicted molar refractivity (Wildman–Crippen MR) is 101 cm³/mol. The fourth-order valence-electron chi connectivity index (χ4n) is 3.64. The van der Waals surface area contributed by atoms with E-state index in [1.807, 2.05) is 7.05 Å². The number of hydrogen-bond acceptors (Lipinski definition) is 4. The maximum Gasteiger partial charge on any atom is 0.511 e. The van der Waals surface area contributed by atoms with Crippen molar-refractivity contribution in [3.05, 3.63) is 0 Å². The predicted octanol–water partition coefficient (Wildman–Crippen LogP) is 1.87. The molecule has 0 aromatic rings. The summed E-state index contributed by atoms with van der Waals surface area (Å²) in [6.07, 6.45) is 4.02. The Morgan fingerprint density at radius 2 is 1.79 bits per heavy atom. The number of nitrogens with zero attached hydrogens (tertiary/aromatic N) is 3. The first-order valence-corrected chi connectivity index (χ1v) is 11.1. The van der Waals surface area contributed by atoms with Crippen molar-refractivity contribution in [3.63, 3.8) is 0 Å². The second kappa shape index (κ2) is 10.1. The minimum atomic E-state index is -5.23. The van der Waals surface area contributed by atoms with E-state index in [1.165, 1.54) is 0 Å². The molecular formula is C17H31F3N4O3S. The van der Waals surface area contributed by atoms with Gasteiger partial charge >= 0.3 is 15.5 Å². The van der Waals surface area contributed by atoms with Crippen LogP contribution < -0.4 is 5.32 Å². The SMILES string of the molecule is CN=C(NCC1CCN(S(=O)(=O)C(F)(F)F)CC1)N(C)CCC1CCOCC1. The molecule has 0 unspecified atom stereocenters. The molecule has 2 rings (SSSR count). The zero-order valence-corrected chi connectivity index (χ0v) is 17.4. The van der Waals surface area contributed by atoms with Gasteiger partial charge in [-0.2, -0.15) is 17.5 Å². The molecule has 7 nitrogen and oxygen atoms in total. The normalized spacial score (nSPS) is 21.7. The molecule has 0 radical (unpaired) electrons. The third-order valence-corrected chi connectivity index (χ3v) is 7.17. The van der Waals surface area contributed by atoms with E-state index in [0.29, 0.717) is 29.6 Å². The van der Waals surface area contributed by atoms with E-state index in [1.54, 1.807) is 7.05 Å². The van der Waals surface area contributed by atoms with Gasteiger partial charge in [-0.15, -0.1) is 0 Å². The first-order chi connectivity index (χ1) is 13.1. The molecule has 164 valence electrons. The molecule has 2 aliphatic rings. The molecule has 0 bridgehead atoms. The highest BCUT2D eigenvalue weighted by Gasteiger charge is 2.50. The number of hydrogen-bond donors (Lipinski definition) is 1. The number of nitrogens with one attached hydrogen (secondary N) is 1. The van der Waals surface area contributed by atoms with Crippen LogP contribution in [0.4, 0.5) is 13.2 Å². The molecule has 0 atom stereocenters. The molecule has 0 amide bonds. The van der Waals surface area contributed by atoms with Gasteiger partial charge in [-0.25, -0.2) is 8.42 Å². The molecular weight excluding hydrogens is 397 g/mol. The standard InChI is InChI=1S/C17H31F3N4O3S/c1-21-16(23(2)8-3-14-6-11-27-12-7-14)22-13-15-4-9-24(10-5-15)28(25,26)17(18,19)20/h14-15H,3-13H2,1-2H3,(H,21,22). The minimum Gasteiger partial charge on any atom is -0.381 e. The highest BCUT2D eigenvalue weighted by atomic mass is 32.2. The van der Waals surface area contributed by atoms with Crippen molar-refractivity contribution in [2.75, 3.05) is 53.5 Å². The van der Waals surface area contributed by atoms with Crippen LogP contribution in [0.3, 0.4) is 0 Å². The number of guanidine groups is 1. The van der Waals surface area contributed by atoms with Crippen LogP contribution in [0.5, 0.6) is 0 Å². The van der Waals surface area contributed by atoms with E-state index in [2.05, 4.69) is 15.2 Å². The first kappa shape index (κ1) is 23.2. The molecule has 0 aliphatic carbocycles. The van der Waals surface area contributed by atoms with E-state index in [-0.39, 0.29) is 19.0 Å². The quantitative estimate of drug-likeness (QED) is 0.517. The molecule has 28 heavy (non-hydrogen) atoms. The Morgan fingerprint density at radius 3 is 2.32 bits per heavy atom. The monoisotopic (exact) mass is 428 g/mol. The van der Waals surface area contributed by atoms with Crippen molar-refractivity contribution in [1.29, 1.82) is 0 Å². The fourth-order valence-corrected chi connectivity index (χ4v) is 4.62. The average molecular weight is 429 g/mol. The lowest BCUT2D eigenvalue weighted by Gasteiger charge is -2.32. The van der Waals surface area contributed by atoms with Crippen LogP contribution in [-0.2, 0) is 14.8 Å². The zero-order chi connectivity index (χ0) is 20.8. The summed E-state index contributed by atoms with van der Waals surface area (Å²) in [5.41, 5.74) is -5.23. The van der Waals surface area contributed by atoms with Crippen molar-refractivity contribution in [1.82, 2.24) is 14.5 Å². The number of alkyl halides is 3. The Morgan fingerprint density at radius 1 is 1.18 bits per heavy atom. The second-order valence-electron chi connectivity index (χ2n) is 7.49. The van der Waals surface area contributed by atoms with Gasteiger partial charge in [-0.05, 0) is 43.9 Å². The number of piperidine rings is 1. The van der Waals surface area contributed by atoms with Crippen molar-refractivity contribution in [2.45, 2.75) is 37.6 Å². The van der Waals surface area contributed by atoms with E-state index >= 15 is 0 Å². The third-order valence-electron chi connectivity index (χ3n) is 5.54. The summed E-state index contributed by atoms with van der Waals surface area (Å²) in [5.74, 6) is 1.52. The second-order valence-corrected chi connectivity index (χ2v) is 9.42. The van der Waals surface area contributed by atoms with Gasteiger partial charge in [0.25, 0.3) is 0 Å². The van der Waals surface area contributed by atoms with Crippen LogP contribution in [0.1, 0.15) is 32.1 Å². The third kappa shape index (κ3) is 6.21. The Balaban J connectivity index is 1.73. The molecule has 0 saturated carbocycles. The van der Waals surface area contributed by atoms with E-state index in [0.717, 1.165) is 45.0 Å². The summed E-state index contributed by atoms with van der Waals surface area (Å²) in [6.45, 7) is 2.87. The molecule has 11 heteroatoms. The lowest BCUT2D eigenvalue weighted by Crippen LogP contribution is -2.47. The maximum atomic E-state index is 12.6. The topological polar surface area (TPSA) is 74.2 Å². The Labute approximate surface area is 165 Å². The van der Waals surface area contributed by atoms with E-state index < -0.39 is 15.5 Å². The molecule has 2 fully saturated rings. The Hall–Kier alpha value is -1.07. The van der Waals surface area contributed by atoms with Gasteiger partial charge in [0.05, 0.1) is 0 Å². The molecule has 0 aromatic heterocycles. The van der Waals surface area contributed by atoms with Gasteiger partial charge in [0.15, 0.2) is 5.96 Å². The highest BCUT2D eigenvalue weighted by molar-refractivity contribution is 7.90. The molecule has 2 saturated heterocycles. The van der Waals surface area contributed by atoms with Gasteiger partial charge in [0, 0.05) is 53.5 Å². The van der Waals surface area contributed by atoms with E-state index in [4.69, 9.17) is 4.74 Å². The van der Waals surface area contributed by atoms with Crippen molar-refractivity contribution >= 4 is 16.0 Å². The van der Waals surface area contributed by atoms with Gasteiger partial charge in [0.1, 0.15) is 0 Å². The maximum absolute atomic E-state index is 12.6. The average Bonchev–Trinajstić information content (AvgIpc) is 2.67. The van der Waals surface area contributed by atoms with Gasteiger partial charge in [-0.1, -0.05) is 0 Å². The van der Waals surface area contributed by atoms with Gasteiger partial charge < -0.3 is 15.0 Å². The molecule has 0 aromatic carbocycles. The summed E-state index contributed by atoms with van der Waals surface area (Å²) in [7, 11) is -1.55. The minimum absolute atomic E-state index is 0.105. The summed E-state index contributed by atoms with van der Waals surface area (Å²) in [4.78, 5) is 6.33. The van der Waals surface area contributed by atoms with Crippen molar-refractivity contribution in [3.8, 4) is 0 Å². The largest absolute Gasteiger partial charge is 0.511 e. The summed E-state index contributed by atoms with van der Waals surface area (Å²) < 4.78 is 66.8. The van der Waals surface area contributed by atoms with Crippen LogP contribution in [0.2, 0.25) is 0 Å². The number of rotatable bonds is 6. The lowest BCUT2D eigenvalue weighted by atomic mass is 9.96. The number of aliphatic imine (C=N–C) groups is 1. The number of halogens is 3. The molecule has 2 aliphatic heterocycles. The number of ether oxygens (including phenoxy) is 1. The van der Waals surface area contributed by atoms with Gasteiger partial charge in [-0.3, -0.25) is 4.99 Å². The van der Waals surface area contributed by atoms with E-state index in [9.17, 15) is 21.6 Å². The zero-order valence-electron chi connectivity index (χ0n) is 16.5. The summed E-state index contributed by atoms with van der Waals surface area (Å²) in [5, 5.41) is 3.27. The van der Waals surface area contributed by atoms with Gasteiger partial charge in [0.2, 0.25) is 0 Å². The highest BCUT2D eigenvalue weighted by Crippen LogP contribution is 2.30. The number of sulfonamides is 1. The smallest absolute Gasteiger partial charge is 0.381 e. The van der Waals surface area contributed by atoms with Crippen molar-refractivity contribution < 1.29 is 26.3 Å².